The molecule has 0 spiro atoms. The minimum absolute atomic E-state index is 0.157. The van der Waals surface area contributed by atoms with Gasteiger partial charge in [-0.1, -0.05) is 6.42 Å². The third-order valence-electron chi connectivity index (χ3n) is 4.23. The zero-order valence-corrected chi connectivity index (χ0v) is 16.3. The lowest BCUT2D eigenvalue weighted by molar-refractivity contribution is -0.140. The molecule has 158 valence electrons. The van der Waals surface area contributed by atoms with Gasteiger partial charge in [0.15, 0.2) is 5.96 Å². The number of alkyl halides is 3. The van der Waals surface area contributed by atoms with Crippen LogP contribution in [0.3, 0.4) is 0 Å². The average molecular weight is 416 g/mol. The molecule has 0 aliphatic carbocycles. The molecule has 1 fully saturated rings. The van der Waals surface area contributed by atoms with Crippen molar-refractivity contribution in [2.75, 3.05) is 33.8 Å². The van der Waals surface area contributed by atoms with Gasteiger partial charge in [0, 0.05) is 39.1 Å². The summed E-state index contributed by atoms with van der Waals surface area (Å²) in [4.78, 5) is 15.0. The van der Waals surface area contributed by atoms with Crippen molar-refractivity contribution < 1.29 is 31.1 Å². The summed E-state index contributed by atoms with van der Waals surface area (Å²) in [6.45, 7) is 0.246. The number of hydrogen-bond acceptors (Lipinski definition) is 5. The molecule has 12 heteroatoms. The van der Waals surface area contributed by atoms with Gasteiger partial charge in [0.1, 0.15) is 0 Å². The number of sulfonamides is 1. The summed E-state index contributed by atoms with van der Waals surface area (Å²) in [5.74, 6) is 0.277. The zero-order chi connectivity index (χ0) is 20.5. The fourth-order valence-corrected chi connectivity index (χ4v) is 3.64. The molecular weight excluding hydrogens is 389 g/mol. The number of guanidine groups is 1. The number of nitrogens with zero attached hydrogens (tertiary/aromatic N) is 2. The van der Waals surface area contributed by atoms with Crippen LogP contribution in [0.2, 0.25) is 0 Å². The fraction of sp³-hybridized carbons (Fsp3) is 0.867. The van der Waals surface area contributed by atoms with Crippen LogP contribution >= 0.6 is 0 Å². The quantitative estimate of drug-likeness (QED) is 0.267. The van der Waals surface area contributed by atoms with Gasteiger partial charge in [-0.05, 0) is 25.7 Å². The molecule has 0 saturated carbocycles. The Hall–Kier alpha value is -1.56. The third kappa shape index (κ3) is 7.53. The molecule has 1 rings (SSSR count). The van der Waals surface area contributed by atoms with E-state index in [9.17, 15) is 26.4 Å². The second-order valence-electron chi connectivity index (χ2n) is 6.15. The van der Waals surface area contributed by atoms with Gasteiger partial charge in [0.2, 0.25) is 0 Å². The predicted octanol–water partition coefficient (Wildman–Crippen LogP) is 1.20. The van der Waals surface area contributed by atoms with E-state index in [1.54, 1.807) is 7.05 Å². The molecule has 1 saturated heterocycles. The number of halogens is 3. The van der Waals surface area contributed by atoms with E-state index in [-0.39, 0.29) is 37.9 Å². The molecule has 0 amide bonds. The highest BCUT2D eigenvalue weighted by molar-refractivity contribution is 7.90. The highest BCUT2D eigenvalue weighted by Crippen LogP contribution is 2.28. The van der Waals surface area contributed by atoms with Crippen LogP contribution in [0.5, 0.6) is 0 Å². The lowest BCUT2D eigenvalue weighted by Gasteiger charge is -2.32. The summed E-state index contributed by atoms with van der Waals surface area (Å²) in [6.07, 6.45) is 3.28. The molecule has 0 radical (unpaired) electrons. The number of hydrogen-bond donors (Lipinski definition) is 2. The number of carbonyl (C=O) groups is 1. The fourth-order valence-electron chi connectivity index (χ4n) is 2.65. The second-order valence-corrected chi connectivity index (χ2v) is 8.08. The van der Waals surface area contributed by atoms with Crippen molar-refractivity contribution in [3.05, 3.63) is 0 Å². The van der Waals surface area contributed by atoms with Crippen LogP contribution in [0.1, 0.15) is 38.5 Å². The highest BCUT2D eigenvalue weighted by atomic mass is 32.2. The van der Waals surface area contributed by atoms with Crippen LogP contribution in [-0.4, -0.2) is 70.0 Å². The first-order valence-corrected chi connectivity index (χ1v) is 10.2. The number of carbonyl (C=O) groups excluding carboxylic acids is 1. The maximum atomic E-state index is 12.6. The number of nitrogens with one attached hydrogen (secondary N) is 2. The van der Waals surface area contributed by atoms with Gasteiger partial charge in [0.25, 0.3) is 0 Å². The molecule has 0 bridgehead atoms. The summed E-state index contributed by atoms with van der Waals surface area (Å²) in [5.41, 5.74) is -5.27. The molecule has 1 aliphatic heterocycles. The van der Waals surface area contributed by atoms with Gasteiger partial charge in [-0.2, -0.15) is 17.5 Å². The van der Waals surface area contributed by atoms with E-state index in [1.807, 2.05) is 0 Å². The van der Waals surface area contributed by atoms with Crippen molar-refractivity contribution in [1.82, 2.24) is 14.9 Å². The number of piperidine rings is 1. The standard InChI is InChI=1S/C15H27F3N4O4S/c1-19-14(20-9-5-3-4-6-13(23)26-2)21-12-7-10-22(11-8-12)27(24,25)15(16,17)18/h12H,3-11H2,1-2H3,(H2,19,20,21). The number of unbranched alkanes of at least 4 members (excludes halogenated alkanes) is 2. The average Bonchev–Trinajstić information content (AvgIpc) is 2.62. The van der Waals surface area contributed by atoms with Gasteiger partial charge in [-0.3, -0.25) is 9.79 Å². The summed E-state index contributed by atoms with van der Waals surface area (Å²) in [5, 5.41) is 6.19. The largest absolute Gasteiger partial charge is 0.511 e. The molecule has 1 aliphatic rings. The Morgan fingerprint density at radius 2 is 1.85 bits per heavy atom. The minimum Gasteiger partial charge on any atom is -0.469 e. The topological polar surface area (TPSA) is 100 Å². The smallest absolute Gasteiger partial charge is 0.469 e. The molecule has 0 aromatic carbocycles. The maximum absolute atomic E-state index is 12.6. The van der Waals surface area contributed by atoms with E-state index in [2.05, 4.69) is 20.4 Å². The van der Waals surface area contributed by atoms with Crippen molar-refractivity contribution in [3.63, 3.8) is 0 Å². The van der Waals surface area contributed by atoms with E-state index < -0.39 is 15.5 Å². The number of ether oxygens (including phenoxy) is 1. The van der Waals surface area contributed by atoms with Crippen molar-refractivity contribution >= 4 is 22.0 Å². The van der Waals surface area contributed by atoms with Crippen molar-refractivity contribution in [2.24, 2.45) is 4.99 Å². The van der Waals surface area contributed by atoms with Crippen LogP contribution in [-0.2, 0) is 19.6 Å². The number of esters is 1. The minimum atomic E-state index is -5.27. The predicted molar refractivity (Wildman–Crippen MR) is 94.6 cm³/mol. The summed E-state index contributed by atoms with van der Waals surface area (Å²) in [6, 6.07) is -0.157. The Balaban J connectivity index is 2.30. The molecule has 8 nitrogen and oxygen atoms in total. The first-order valence-electron chi connectivity index (χ1n) is 8.72. The summed E-state index contributed by atoms with van der Waals surface area (Å²) >= 11 is 0. The van der Waals surface area contributed by atoms with E-state index >= 15 is 0 Å². The number of methoxy groups -OCH3 is 1. The van der Waals surface area contributed by atoms with E-state index in [4.69, 9.17) is 0 Å². The SMILES string of the molecule is CN=C(NCCCCCC(=O)OC)NC1CCN(S(=O)(=O)C(F)(F)F)CC1. The Morgan fingerprint density at radius 3 is 2.37 bits per heavy atom. The van der Waals surface area contributed by atoms with Crippen molar-refractivity contribution in [1.29, 1.82) is 0 Å². The summed E-state index contributed by atoms with van der Waals surface area (Å²) < 4.78 is 65.5. The molecule has 1 heterocycles. The van der Waals surface area contributed by atoms with Crippen LogP contribution in [0.25, 0.3) is 0 Å². The highest BCUT2D eigenvalue weighted by Gasteiger charge is 2.50. The van der Waals surface area contributed by atoms with Gasteiger partial charge in [-0.25, -0.2) is 8.42 Å². The van der Waals surface area contributed by atoms with E-state index in [1.165, 1.54) is 7.11 Å². The first kappa shape index (κ1) is 23.5. The lowest BCUT2D eigenvalue weighted by Crippen LogP contribution is -2.51. The van der Waals surface area contributed by atoms with Gasteiger partial charge >= 0.3 is 21.5 Å². The second kappa shape index (κ2) is 10.7. The Morgan fingerprint density at radius 1 is 1.22 bits per heavy atom. The zero-order valence-electron chi connectivity index (χ0n) is 15.5. The third-order valence-corrected chi connectivity index (χ3v) is 5.86. The molecule has 0 aromatic heterocycles. The van der Waals surface area contributed by atoms with E-state index in [0.717, 1.165) is 19.3 Å². The van der Waals surface area contributed by atoms with Crippen LogP contribution in [0, 0.1) is 0 Å². The van der Waals surface area contributed by atoms with Crippen LogP contribution in [0.4, 0.5) is 13.2 Å². The molecule has 0 unspecified atom stereocenters. The van der Waals surface area contributed by atoms with E-state index in [0.29, 0.717) is 23.2 Å². The normalized spacial score (nSPS) is 17.6. The molecule has 27 heavy (non-hydrogen) atoms. The maximum Gasteiger partial charge on any atom is 0.511 e. The molecule has 0 atom stereocenters. The van der Waals surface area contributed by atoms with Gasteiger partial charge in [0.05, 0.1) is 7.11 Å². The van der Waals surface area contributed by atoms with Crippen molar-refractivity contribution in [2.45, 2.75) is 50.1 Å². The number of aliphatic imine (C=N–C) groups is 1. The summed E-state index contributed by atoms with van der Waals surface area (Å²) in [7, 11) is -2.33. The number of rotatable bonds is 8. The van der Waals surface area contributed by atoms with Crippen LogP contribution < -0.4 is 10.6 Å². The Kier molecular flexibility index (Phi) is 9.30. The molecule has 0 aromatic rings. The monoisotopic (exact) mass is 416 g/mol. The van der Waals surface area contributed by atoms with Gasteiger partial charge in [-0.15, -0.1) is 0 Å². The van der Waals surface area contributed by atoms with Crippen LogP contribution in [0.15, 0.2) is 4.99 Å². The Bertz CT molecular complexity index is 603. The van der Waals surface area contributed by atoms with Crippen molar-refractivity contribution in [3.8, 4) is 0 Å². The molecular formula is C15H27F3N4O4S. The lowest BCUT2D eigenvalue weighted by atomic mass is 10.1. The van der Waals surface area contributed by atoms with Gasteiger partial charge < -0.3 is 15.4 Å². The molecule has 2 N–H and O–H groups in total. The Labute approximate surface area is 157 Å². The first-order chi connectivity index (χ1) is 12.6.